The second kappa shape index (κ2) is 7.80. The van der Waals surface area contributed by atoms with Crippen molar-refractivity contribution in [1.29, 1.82) is 0 Å². The number of nitro groups is 1. The summed E-state index contributed by atoms with van der Waals surface area (Å²) in [6.45, 7) is 0.373. The first-order chi connectivity index (χ1) is 12.6. The first-order valence-corrected chi connectivity index (χ1v) is 8.29. The average molecular weight is 367 g/mol. The van der Waals surface area contributed by atoms with Gasteiger partial charge in [0.15, 0.2) is 0 Å². The number of para-hydroxylation sites is 1. The van der Waals surface area contributed by atoms with E-state index in [1.807, 2.05) is 60.7 Å². The summed E-state index contributed by atoms with van der Waals surface area (Å²) in [5.74, 6) is -0.281. The van der Waals surface area contributed by atoms with Crippen LogP contribution in [0.5, 0.6) is 0 Å². The molecule has 0 aromatic heterocycles. The maximum Gasteiger partial charge on any atom is 0.287 e. The Morgan fingerprint density at radius 2 is 1.58 bits per heavy atom. The van der Waals surface area contributed by atoms with E-state index < -0.39 is 4.92 Å². The molecule has 0 bridgehead atoms. The van der Waals surface area contributed by atoms with Gasteiger partial charge in [-0.05, 0) is 29.8 Å². The highest BCUT2D eigenvalue weighted by Crippen LogP contribution is 2.27. The number of benzene rings is 3. The smallest absolute Gasteiger partial charge is 0.287 e. The van der Waals surface area contributed by atoms with Crippen LogP contribution < -0.4 is 4.90 Å². The summed E-state index contributed by atoms with van der Waals surface area (Å²) in [5, 5.41) is 10.9. The van der Waals surface area contributed by atoms with E-state index in [0.29, 0.717) is 12.1 Å². The van der Waals surface area contributed by atoms with E-state index in [2.05, 4.69) is 0 Å². The van der Waals surface area contributed by atoms with E-state index in [-0.39, 0.29) is 16.6 Å². The number of carbonyl (C=O) groups excluding carboxylic acids is 1. The second-order valence-corrected chi connectivity index (χ2v) is 6.04. The van der Waals surface area contributed by atoms with Crippen molar-refractivity contribution in [3.05, 3.63) is 105 Å². The molecule has 0 aliphatic rings. The number of hydrogen-bond acceptors (Lipinski definition) is 3. The Hall–Kier alpha value is -3.18. The lowest BCUT2D eigenvalue weighted by Crippen LogP contribution is -2.30. The molecule has 0 spiro atoms. The molecule has 130 valence electrons. The van der Waals surface area contributed by atoms with Crippen LogP contribution >= 0.6 is 11.6 Å². The van der Waals surface area contributed by atoms with Crippen molar-refractivity contribution in [3.8, 4) is 0 Å². The van der Waals surface area contributed by atoms with Gasteiger partial charge in [0.05, 0.1) is 11.5 Å². The van der Waals surface area contributed by atoms with Gasteiger partial charge in [0, 0.05) is 17.3 Å². The number of carbonyl (C=O) groups is 1. The molecule has 0 atom stereocenters. The van der Waals surface area contributed by atoms with Crippen molar-refractivity contribution in [2.75, 3.05) is 4.90 Å². The molecule has 0 saturated carbocycles. The molecule has 0 N–H and O–H groups in total. The highest BCUT2D eigenvalue weighted by atomic mass is 35.5. The number of hydrogen-bond donors (Lipinski definition) is 0. The minimum atomic E-state index is -0.574. The lowest BCUT2D eigenvalue weighted by molar-refractivity contribution is -0.384. The lowest BCUT2D eigenvalue weighted by Gasteiger charge is -2.23. The Morgan fingerprint density at radius 3 is 2.15 bits per heavy atom. The van der Waals surface area contributed by atoms with Gasteiger partial charge in [-0.2, -0.15) is 0 Å². The van der Waals surface area contributed by atoms with Crippen molar-refractivity contribution >= 4 is 28.9 Å². The number of amides is 1. The average Bonchev–Trinajstić information content (AvgIpc) is 2.66. The molecule has 0 fully saturated rings. The molecule has 0 aliphatic heterocycles. The van der Waals surface area contributed by atoms with Gasteiger partial charge in [-0.3, -0.25) is 14.9 Å². The molecule has 1 amide bonds. The summed E-state index contributed by atoms with van der Waals surface area (Å²) in [6.07, 6.45) is 0. The van der Waals surface area contributed by atoms with Crippen LogP contribution in [0, 0.1) is 10.1 Å². The van der Waals surface area contributed by atoms with Gasteiger partial charge < -0.3 is 4.90 Å². The third-order valence-electron chi connectivity index (χ3n) is 3.89. The van der Waals surface area contributed by atoms with Crippen LogP contribution in [0.1, 0.15) is 15.9 Å². The third kappa shape index (κ3) is 3.90. The zero-order valence-electron chi connectivity index (χ0n) is 13.7. The maximum atomic E-state index is 13.1. The molecule has 6 heteroatoms. The van der Waals surface area contributed by atoms with Gasteiger partial charge in [-0.15, -0.1) is 0 Å². The van der Waals surface area contributed by atoms with Crippen molar-refractivity contribution in [3.63, 3.8) is 0 Å². The van der Waals surface area contributed by atoms with Crippen molar-refractivity contribution in [2.45, 2.75) is 6.54 Å². The summed E-state index contributed by atoms with van der Waals surface area (Å²) in [6, 6.07) is 22.9. The van der Waals surface area contributed by atoms with Gasteiger partial charge >= 0.3 is 0 Å². The van der Waals surface area contributed by atoms with Crippen LogP contribution in [-0.2, 0) is 6.54 Å². The number of nitrogens with zero attached hydrogens (tertiary/aromatic N) is 2. The zero-order valence-corrected chi connectivity index (χ0v) is 14.5. The Morgan fingerprint density at radius 1 is 0.962 bits per heavy atom. The fraction of sp³-hybridized carbons (Fsp3) is 0.0500. The molecule has 26 heavy (non-hydrogen) atoms. The Kier molecular flexibility index (Phi) is 5.29. The van der Waals surface area contributed by atoms with Crippen LogP contribution in [0.3, 0.4) is 0 Å². The predicted molar refractivity (Wildman–Crippen MR) is 102 cm³/mol. The minimum Gasteiger partial charge on any atom is -0.304 e. The van der Waals surface area contributed by atoms with Gasteiger partial charge in [0.1, 0.15) is 5.02 Å². The fourth-order valence-corrected chi connectivity index (χ4v) is 2.85. The van der Waals surface area contributed by atoms with E-state index >= 15 is 0 Å². The molecule has 3 aromatic rings. The van der Waals surface area contributed by atoms with Gasteiger partial charge in [0.2, 0.25) is 0 Å². The molecule has 3 aromatic carbocycles. The number of halogens is 1. The maximum absolute atomic E-state index is 13.1. The fourth-order valence-electron chi connectivity index (χ4n) is 2.60. The monoisotopic (exact) mass is 366 g/mol. The SMILES string of the molecule is O=C(c1ccc([N+](=O)[O-])c(Cl)c1)N(Cc1ccccc1)c1ccccc1. The molecular formula is C20H15ClN2O3. The molecule has 0 aliphatic carbocycles. The van der Waals surface area contributed by atoms with Crippen LogP contribution in [-0.4, -0.2) is 10.8 Å². The summed E-state index contributed by atoms with van der Waals surface area (Å²) < 4.78 is 0. The van der Waals surface area contributed by atoms with E-state index in [1.54, 1.807) is 4.90 Å². The normalized spacial score (nSPS) is 10.3. The highest BCUT2D eigenvalue weighted by Gasteiger charge is 2.21. The van der Waals surface area contributed by atoms with Crippen LogP contribution in [0.2, 0.25) is 5.02 Å². The van der Waals surface area contributed by atoms with Crippen molar-refractivity contribution < 1.29 is 9.72 Å². The Labute approximate surface area is 155 Å². The van der Waals surface area contributed by atoms with Gasteiger partial charge in [-0.1, -0.05) is 60.1 Å². The molecule has 0 saturated heterocycles. The lowest BCUT2D eigenvalue weighted by atomic mass is 10.1. The summed E-state index contributed by atoms with van der Waals surface area (Å²) in [7, 11) is 0. The van der Waals surface area contributed by atoms with Crippen LogP contribution in [0.25, 0.3) is 0 Å². The predicted octanol–water partition coefficient (Wildman–Crippen LogP) is 5.10. The minimum absolute atomic E-state index is 0.0615. The largest absolute Gasteiger partial charge is 0.304 e. The summed E-state index contributed by atoms with van der Waals surface area (Å²) in [5.41, 5.74) is 1.77. The highest BCUT2D eigenvalue weighted by molar-refractivity contribution is 6.33. The molecule has 0 unspecified atom stereocenters. The second-order valence-electron chi connectivity index (χ2n) is 5.64. The summed E-state index contributed by atoms with van der Waals surface area (Å²) >= 11 is 5.97. The van der Waals surface area contributed by atoms with Gasteiger partial charge in [-0.25, -0.2) is 0 Å². The topological polar surface area (TPSA) is 63.4 Å². The summed E-state index contributed by atoms with van der Waals surface area (Å²) in [4.78, 5) is 25.0. The Bertz CT molecular complexity index is 930. The number of rotatable bonds is 5. The first kappa shape index (κ1) is 17.6. The number of anilines is 1. The van der Waals surface area contributed by atoms with E-state index in [4.69, 9.17) is 11.6 Å². The third-order valence-corrected chi connectivity index (χ3v) is 4.19. The first-order valence-electron chi connectivity index (χ1n) is 7.91. The zero-order chi connectivity index (χ0) is 18.5. The van der Waals surface area contributed by atoms with E-state index in [9.17, 15) is 14.9 Å². The van der Waals surface area contributed by atoms with Crippen molar-refractivity contribution in [1.82, 2.24) is 0 Å². The van der Waals surface area contributed by atoms with Crippen molar-refractivity contribution in [2.24, 2.45) is 0 Å². The molecule has 0 radical (unpaired) electrons. The quantitative estimate of drug-likeness (QED) is 0.466. The van der Waals surface area contributed by atoms with Crippen LogP contribution in [0.15, 0.2) is 78.9 Å². The standard InChI is InChI=1S/C20H15ClN2O3/c21-18-13-16(11-12-19(18)23(25)26)20(24)22(17-9-5-2-6-10-17)14-15-7-3-1-4-8-15/h1-13H,14H2. The van der Waals surface area contributed by atoms with Gasteiger partial charge in [0.25, 0.3) is 11.6 Å². The van der Waals surface area contributed by atoms with Crippen LogP contribution in [0.4, 0.5) is 11.4 Å². The Balaban J connectivity index is 1.97. The molecule has 5 nitrogen and oxygen atoms in total. The molecule has 3 rings (SSSR count). The molecular weight excluding hydrogens is 352 g/mol. The number of nitro benzene ring substituents is 1. The van der Waals surface area contributed by atoms with E-state index in [0.717, 1.165) is 11.3 Å². The van der Waals surface area contributed by atoms with E-state index in [1.165, 1.54) is 18.2 Å². The molecule has 0 heterocycles.